The first-order chi connectivity index (χ1) is 9.47. The molecule has 1 aromatic carbocycles. The Balaban J connectivity index is 2.32. The first-order valence-electron chi connectivity index (χ1n) is 5.34. The number of aromatic nitrogens is 1. The highest BCUT2D eigenvalue weighted by atomic mass is 35.5. The second-order valence-corrected chi connectivity index (χ2v) is 4.60. The van der Waals surface area contributed by atoms with Crippen molar-refractivity contribution in [2.75, 3.05) is 5.32 Å². The van der Waals surface area contributed by atoms with Crippen LogP contribution in [0.4, 0.5) is 11.4 Å². The minimum absolute atomic E-state index is 0.00530. The van der Waals surface area contributed by atoms with Crippen LogP contribution in [0.1, 0.15) is 10.5 Å². The van der Waals surface area contributed by atoms with E-state index >= 15 is 0 Å². The van der Waals surface area contributed by atoms with Crippen LogP contribution in [-0.4, -0.2) is 15.8 Å². The average Bonchev–Trinajstić information content (AvgIpc) is 2.38. The molecule has 0 radical (unpaired) electrons. The smallest absolute Gasteiger partial charge is 0.292 e. The summed E-state index contributed by atoms with van der Waals surface area (Å²) in [4.78, 5) is 26.1. The third-order valence-corrected chi connectivity index (χ3v) is 2.83. The van der Waals surface area contributed by atoms with Gasteiger partial charge in [0.1, 0.15) is 11.4 Å². The summed E-state index contributed by atoms with van der Waals surface area (Å²) in [5, 5.41) is 13.9. The highest BCUT2D eigenvalue weighted by Gasteiger charge is 2.17. The van der Waals surface area contributed by atoms with Crippen molar-refractivity contribution in [2.45, 2.75) is 0 Å². The summed E-state index contributed by atoms with van der Waals surface area (Å²) in [6.07, 6.45) is 1.36. The molecule has 6 nitrogen and oxygen atoms in total. The van der Waals surface area contributed by atoms with Crippen molar-refractivity contribution >= 4 is 40.5 Å². The van der Waals surface area contributed by atoms with E-state index in [1.54, 1.807) is 0 Å². The van der Waals surface area contributed by atoms with E-state index in [9.17, 15) is 14.9 Å². The summed E-state index contributed by atoms with van der Waals surface area (Å²) in [6, 6.07) is 6.74. The first kappa shape index (κ1) is 14.2. The number of amides is 1. The number of carbonyl (C=O) groups is 1. The third kappa shape index (κ3) is 3.23. The second kappa shape index (κ2) is 5.85. The van der Waals surface area contributed by atoms with Crippen LogP contribution in [0.15, 0.2) is 36.5 Å². The Hall–Kier alpha value is -2.18. The zero-order valence-electron chi connectivity index (χ0n) is 9.84. The lowest BCUT2D eigenvalue weighted by atomic mass is 10.2. The number of nitro groups is 1. The molecular formula is C12H7Cl2N3O3. The van der Waals surface area contributed by atoms with Gasteiger partial charge in [-0.05, 0) is 24.3 Å². The summed E-state index contributed by atoms with van der Waals surface area (Å²) < 4.78 is 0. The van der Waals surface area contributed by atoms with Crippen molar-refractivity contribution in [1.29, 1.82) is 0 Å². The maximum absolute atomic E-state index is 12.0. The van der Waals surface area contributed by atoms with Gasteiger partial charge in [0.05, 0.1) is 4.92 Å². The van der Waals surface area contributed by atoms with Crippen molar-refractivity contribution in [3.63, 3.8) is 0 Å². The van der Waals surface area contributed by atoms with Crippen molar-refractivity contribution in [3.05, 3.63) is 62.4 Å². The predicted molar refractivity (Wildman–Crippen MR) is 75.3 cm³/mol. The number of halogens is 2. The van der Waals surface area contributed by atoms with E-state index in [0.29, 0.717) is 5.02 Å². The van der Waals surface area contributed by atoms with Gasteiger partial charge in [-0.15, -0.1) is 0 Å². The average molecular weight is 312 g/mol. The van der Waals surface area contributed by atoms with Gasteiger partial charge >= 0.3 is 0 Å². The molecule has 0 saturated carbocycles. The van der Waals surface area contributed by atoms with E-state index in [0.717, 1.165) is 0 Å². The van der Waals surface area contributed by atoms with Crippen LogP contribution >= 0.6 is 23.2 Å². The minimum atomic E-state index is -0.614. The van der Waals surface area contributed by atoms with Crippen molar-refractivity contribution in [2.24, 2.45) is 0 Å². The highest BCUT2D eigenvalue weighted by Crippen LogP contribution is 2.28. The SMILES string of the molecule is O=C(Nc1cc(Cl)ccc1[N+](=O)[O-])c1cc(Cl)ccn1. The molecule has 0 atom stereocenters. The second-order valence-electron chi connectivity index (χ2n) is 3.73. The number of benzene rings is 1. The van der Waals surface area contributed by atoms with Crippen LogP contribution in [0.25, 0.3) is 0 Å². The van der Waals surface area contributed by atoms with E-state index in [-0.39, 0.29) is 22.1 Å². The van der Waals surface area contributed by atoms with E-state index in [1.807, 2.05) is 0 Å². The molecule has 0 saturated heterocycles. The fraction of sp³-hybridized carbons (Fsp3) is 0. The molecule has 0 aliphatic carbocycles. The summed E-state index contributed by atoms with van der Waals surface area (Å²) in [5.41, 5.74) is -0.217. The molecule has 8 heteroatoms. The number of carbonyl (C=O) groups excluding carboxylic acids is 1. The number of nitrogens with zero attached hydrogens (tertiary/aromatic N) is 2. The van der Waals surface area contributed by atoms with Gasteiger partial charge in [0, 0.05) is 22.3 Å². The maximum atomic E-state index is 12.0. The molecule has 2 aromatic rings. The van der Waals surface area contributed by atoms with Gasteiger partial charge in [-0.1, -0.05) is 23.2 Å². The number of rotatable bonds is 3. The van der Waals surface area contributed by atoms with E-state index in [4.69, 9.17) is 23.2 Å². The molecule has 0 spiro atoms. The first-order valence-corrected chi connectivity index (χ1v) is 6.10. The van der Waals surface area contributed by atoms with Crippen LogP contribution in [0.2, 0.25) is 10.0 Å². The fourth-order valence-corrected chi connectivity index (χ4v) is 1.81. The van der Waals surface area contributed by atoms with Gasteiger partial charge in [0.25, 0.3) is 11.6 Å². The number of pyridine rings is 1. The largest absolute Gasteiger partial charge is 0.315 e. The van der Waals surface area contributed by atoms with Gasteiger partial charge in [-0.25, -0.2) is 0 Å². The van der Waals surface area contributed by atoms with Gasteiger partial charge in [-0.2, -0.15) is 0 Å². The summed E-state index contributed by atoms with van der Waals surface area (Å²) >= 11 is 11.5. The summed E-state index contributed by atoms with van der Waals surface area (Å²) in [6.45, 7) is 0. The number of hydrogen-bond acceptors (Lipinski definition) is 4. The zero-order chi connectivity index (χ0) is 14.7. The molecular weight excluding hydrogens is 305 g/mol. The van der Waals surface area contributed by atoms with Gasteiger partial charge in [0.15, 0.2) is 0 Å². The molecule has 0 aliphatic rings. The normalized spacial score (nSPS) is 10.1. The van der Waals surface area contributed by atoms with Gasteiger partial charge in [0.2, 0.25) is 0 Å². The number of hydrogen-bond donors (Lipinski definition) is 1. The van der Waals surface area contributed by atoms with Crippen molar-refractivity contribution < 1.29 is 9.72 Å². The Kier molecular flexibility index (Phi) is 4.16. The van der Waals surface area contributed by atoms with Crippen LogP contribution < -0.4 is 5.32 Å². The quantitative estimate of drug-likeness (QED) is 0.693. The van der Waals surface area contributed by atoms with E-state index < -0.39 is 10.8 Å². The van der Waals surface area contributed by atoms with Crippen molar-refractivity contribution in [1.82, 2.24) is 4.98 Å². The topological polar surface area (TPSA) is 85.1 Å². The van der Waals surface area contributed by atoms with Gasteiger partial charge < -0.3 is 5.32 Å². The summed E-state index contributed by atoms with van der Waals surface area (Å²) in [7, 11) is 0. The number of nitro benzene ring substituents is 1. The summed E-state index contributed by atoms with van der Waals surface area (Å²) in [5.74, 6) is -0.613. The lowest BCUT2D eigenvalue weighted by Crippen LogP contribution is -2.14. The highest BCUT2D eigenvalue weighted by molar-refractivity contribution is 6.31. The molecule has 1 aromatic heterocycles. The molecule has 1 N–H and O–H groups in total. The molecule has 1 amide bonds. The molecule has 0 aliphatic heterocycles. The van der Waals surface area contributed by atoms with Crippen LogP contribution in [0.5, 0.6) is 0 Å². The fourth-order valence-electron chi connectivity index (χ4n) is 1.48. The Bertz CT molecular complexity index is 691. The Morgan fingerprint density at radius 1 is 1.20 bits per heavy atom. The Labute approximate surface area is 123 Å². The van der Waals surface area contributed by atoms with Crippen molar-refractivity contribution in [3.8, 4) is 0 Å². The minimum Gasteiger partial charge on any atom is -0.315 e. The lowest BCUT2D eigenvalue weighted by molar-refractivity contribution is -0.383. The zero-order valence-corrected chi connectivity index (χ0v) is 11.4. The Morgan fingerprint density at radius 3 is 2.55 bits per heavy atom. The Morgan fingerprint density at radius 2 is 1.90 bits per heavy atom. The maximum Gasteiger partial charge on any atom is 0.292 e. The molecule has 0 fully saturated rings. The monoisotopic (exact) mass is 311 g/mol. The molecule has 0 unspecified atom stereocenters. The van der Waals surface area contributed by atoms with Crippen LogP contribution in [0.3, 0.4) is 0 Å². The number of anilines is 1. The molecule has 1 heterocycles. The van der Waals surface area contributed by atoms with E-state index in [1.165, 1.54) is 36.5 Å². The van der Waals surface area contributed by atoms with E-state index in [2.05, 4.69) is 10.3 Å². The molecule has 20 heavy (non-hydrogen) atoms. The molecule has 2 rings (SSSR count). The standard InChI is InChI=1S/C12H7Cl2N3O3/c13-7-1-2-11(17(19)20)9(5-7)16-12(18)10-6-8(14)3-4-15-10/h1-6H,(H,16,18). The lowest BCUT2D eigenvalue weighted by Gasteiger charge is -2.06. The predicted octanol–water partition coefficient (Wildman–Crippen LogP) is 3.55. The van der Waals surface area contributed by atoms with Crippen LogP contribution in [0, 0.1) is 10.1 Å². The number of nitrogens with one attached hydrogen (secondary N) is 1. The molecule has 0 bridgehead atoms. The van der Waals surface area contributed by atoms with Gasteiger partial charge in [-0.3, -0.25) is 19.9 Å². The third-order valence-electron chi connectivity index (χ3n) is 2.36. The van der Waals surface area contributed by atoms with Crippen LogP contribution in [-0.2, 0) is 0 Å². The molecule has 102 valence electrons.